The van der Waals surface area contributed by atoms with Crippen LogP contribution in [0.3, 0.4) is 0 Å². The first kappa shape index (κ1) is 10.9. The molecular weight excluding hydrogens is 232 g/mol. The summed E-state index contributed by atoms with van der Waals surface area (Å²) in [5.41, 5.74) is 0.638. The van der Waals surface area contributed by atoms with Crippen molar-refractivity contribution in [2.75, 3.05) is 0 Å². The molecule has 90 valence electrons. The van der Waals surface area contributed by atoms with E-state index in [0.29, 0.717) is 11.1 Å². The highest BCUT2D eigenvalue weighted by atomic mass is 16.3. The number of aliphatic hydroxyl groups is 1. The number of aliphatic hydroxyl groups excluding tert-OH is 1. The lowest BCUT2D eigenvalue weighted by atomic mass is 9.72. The molecule has 0 spiro atoms. The summed E-state index contributed by atoms with van der Waals surface area (Å²) in [7, 11) is 0. The van der Waals surface area contributed by atoms with Gasteiger partial charge in [0.05, 0.1) is 5.57 Å². The van der Waals surface area contributed by atoms with Crippen LogP contribution >= 0.6 is 0 Å². The van der Waals surface area contributed by atoms with Crippen LogP contribution in [0.25, 0.3) is 5.76 Å². The standard InChI is InChI=1S/C14H10O4/c15-9-5-6-10(16)12-11(9)13(17)7-3-1-2-4-8(7)14(12)18/h1-4,11,18H,5-6H2/t11-/m0/s1. The third kappa shape index (κ3) is 1.29. The maximum atomic E-state index is 12.2. The van der Waals surface area contributed by atoms with Crippen molar-refractivity contribution in [3.63, 3.8) is 0 Å². The van der Waals surface area contributed by atoms with Crippen LogP contribution < -0.4 is 0 Å². The zero-order valence-electron chi connectivity index (χ0n) is 9.47. The Kier molecular flexibility index (Phi) is 2.20. The lowest BCUT2D eigenvalue weighted by Crippen LogP contribution is -2.37. The van der Waals surface area contributed by atoms with E-state index in [9.17, 15) is 19.5 Å². The van der Waals surface area contributed by atoms with E-state index in [0.717, 1.165) is 0 Å². The molecule has 0 amide bonds. The van der Waals surface area contributed by atoms with Gasteiger partial charge in [0.25, 0.3) is 0 Å². The van der Waals surface area contributed by atoms with Gasteiger partial charge in [-0.15, -0.1) is 0 Å². The number of rotatable bonds is 0. The van der Waals surface area contributed by atoms with E-state index < -0.39 is 5.92 Å². The Morgan fingerprint density at radius 2 is 1.67 bits per heavy atom. The number of allylic oxidation sites excluding steroid dienone is 1. The van der Waals surface area contributed by atoms with Crippen LogP contribution in [0.5, 0.6) is 0 Å². The normalized spacial score (nSPS) is 22.9. The summed E-state index contributed by atoms with van der Waals surface area (Å²) in [6.07, 6.45) is 0.151. The quantitative estimate of drug-likeness (QED) is 0.703. The van der Waals surface area contributed by atoms with Crippen molar-refractivity contribution in [2.45, 2.75) is 12.8 Å². The second kappa shape index (κ2) is 3.63. The molecule has 1 N–H and O–H groups in total. The van der Waals surface area contributed by atoms with E-state index in [1.165, 1.54) is 0 Å². The van der Waals surface area contributed by atoms with E-state index >= 15 is 0 Å². The van der Waals surface area contributed by atoms with Gasteiger partial charge >= 0.3 is 0 Å². The van der Waals surface area contributed by atoms with Gasteiger partial charge in [-0.2, -0.15) is 0 Å². The predicted octanol–water partition coefficient (Wildman–Crippen LogP) is 1.70. The Bertz CT molecular complexity index is 624. The molecule has 3 rings (SSSR count). The number of hydrogen-bond donors (Lipinski definition) is 1. The summed E-state index contributed by atoms with van der Waals surface area (Å²) >= 11 is 0. The minimum Gasteiger partial charge on any atom is -0.507 e. The number of ketones is 3. The molecule has 0 aromatic heterocycles. The van der Waals surface area contributed by atoms with Gasteiger partial charge in [-0.25, -0.2) is 0 Å². The van der Waals surface area contributed by atoms with Gasteiger partial charge in [0.15, 0.2) is 11.6 Å². The summed E-state index contributed by atoms with van der Waals surface area (Å²) in [5.74, 6) is -2.28. The summed E-state index contributed by atoms with van der Waals surface area (Å²) in [5, 5.41) is 10.1. The monoisotopic (exact) mass is 242 g/mol. The fourth-order valence-corrected chi connectivity index (χ4v) is 2.59. The van der Waals surface area contributed by atoms with Gasteiger partial charge in [0, 0.05) is 24.0 Å². The van der Waals surface area contributed by atoms with E-state index in [2.05, 4.69) is 0 Å². The molecule has 0 bridgehead atoms. The Morgan fingerprint density at radius 1 is 1.00 bits per heavy atom. The van der Waals surface area contributed by atoms with Crippen molar-refractivity contribution < 1.29 is 19.5 Å². The van der Waals surface area contributed by atoms with Crippen molar-refractivity contribution in [3.05, 3.63) is 41.0 Å². The molecule has 0 unspecified atom stereocenters. The SMILES string of the molecule is O=C1CCC(=O)[C@@H]2C(=O)c3ccccc3C(O)=C12. The molecule has 1 saturated carbocycles. The molecule has 1 aromatic carbocycles. The average molecular weight is 242 g/mol. The van der Waals surface area contributed by atoms with Gasteiger partial charge in [-0.3, -0.25) is 14.4 Å². The van der Waals surface area contributed by atoms with Crippen LogP contribution in [-0.2, 0) is 9.59 Å². The van der Waals surface area contributed by atoms with Gasteiger partial charge in [-0.1, -0.05) is 24.3 Å². The second-order valence-corrected chi connectivity index (χ2v) is 4.49. The highest BCUT2D eigenvalue weighted by Gasteiger charge is 2.44. The van der Waals surface area contributed by atoms with E-state index in [-0.39, 0.29) is 41.5 Å². The van der Waals surface area contributed by atoms with Crippen molar-refractivity contribution in [3.8, 4) is 0 Å². The Morgan fingerprint density at radius 3 is 2.39 bits per heavy atom. The molecular formula is C14H10O4. The Balaban J connectivity index is 2.31. The molecule has 0 heterocycles. The van der Waals surface area contributed by atoms with E-state index in [1.807, 2.05) is 0 Å². The summed E-state index contributed by atoms with van der Waals surface area (Å²) in [6, 6.07) is 6.50. The number of carbonyl (C=O) groups excluding carboxylic acids is 3. The average Bonchev–Trinajstić information content (AvgIpc) is 2.38. The molecule has 0 saturated heterocycles. The van der Waals surface area contributed by atoms with Gasteiger partial charge in [0.2, 0.25) is 0 Å². The van der Waals surface area contributed by atoms with Crippen LogP contribution in [-0.4, -0.2) is 22.5 Å². The number of benzene rings is 1. The summed E-state index contributed by atoms with van der Waals surface area (Å²) in [4.78, 5) is 35.9. The molecule has 2 aliphatic rings. The van der Waals surface area contributed by atoms with Crippen molar-refractivity contribution >= 4 is 23.1 Å². The zero-order valence-corrected chi connectivity index (χ0v) is 9.47. The third-order valence-corrected chi connectivity index (χ3v) is 3.47. The maximum Gasteiger partial charge on any atom is 0.178 e. The number of Topliss-reactive ketones (excluding diaryl/α,β-unsaturated/α-hetero) is 3. The van der Waals surface area contributed by atoms with Crippen molar-refractivity contribution in [1.29, 1.82) is 0 Å². The summed E-state index contributed by atoms with van der Waals surface area (Å²) in [6.45, 7) is 0. The van der Waals surface area contributed by atoms with Gasteiger partial charge < -0.3 is 5.11 Å². The largest absolute Gasteiger partial charge is 0.507 e. The van der Waals surface area contributed by atoms with Crippen LogP contribution in [0.15, 0.2) is 29.8 Å². The van der Waals surface area contributed by atoms with Crippen molar-refractivity contribution in [1.82, 2.24) is 0 Å². The molecule has 0 aliphatic heterocycles. The maximum absolute atomic E-state index is 12.2. The van der Waals surface area contributed by atoms with Gasteiger partial charge in [0.1, 0.15) is 17.5 Å². The molecule has 18 heavy (non-hydrogen) atoms. The fraction of sp³-hybridized carbons (Fsp3) is 0.214. The van der Waals surface area contributed by atoms with Crippen LogP contribution in [0, 0.1) is 5.92 Å². The number of carbonyl (C=O) groups is 3. The molecule has 1 aromatic rings. The van der Waals surface area contributed by atoms with Crippen molar-refractivity contribution in [2.24, 2.45) is 5.92 Å². The number of hydrogen-bond acceptors (Lipinski definition) is 4. The Labute approximate surface area is 103 Å². The molecule has 1 atom stereocenters. The molecule has 1 fully saturated rings. The predicted molar refractivity (Wildman–Crippen MR) is 63.1 cm³/mol. The minimum absolute atomic E-state index is 0.0186. The topological polar surface area (TPSA) is 71.4 Å². The smallest absolute Gasteiger partial charge is 0.178 e. The number of fused-ring (bicyclic) bond motifs is 2. The first-order valence-corrected chi connectivity index (χ1v) is 5.74. The molecule has 2 aliphatic carbocycles. The second-order valence-electron chi connectivity index (χ2n) is 4.49. The van der Waals surface area contributed by atoms with Crippen LogP contribution in [0.2, 0.25) is 0 Å². The zero-order chi connectivity index (χ0) is 12.9. The lowest BCUT2D eigenvalue weighted by Gasteiger charge is -2.28. The molecule has 4 heteroatoms. The minimum atomic E-state index is -1.10. The molecule has 4 nitrogen and oxygen atoms in total. The fourth-order valence-electron chi connectivity index (χ4n) is 2.59. The van der Waals surface area contributed by atoms with Crippen LogP contribution in [0.1, 0.15) is 28.8 Å². The first-order valence-electron chi connectivity index (χ1n) is 5.74. The molecule has 0 radical (unpaired) electrons. The Hall–Kier alpha value is -2.23. The lowest BCUT2D eigenvalue weighted by molar-refractivity contribution is -0.127. The van der Waals surface area contributed by atoms with Crippen LogP contribution in [0.4, 0.5) is 0 Å². The van der Waals surface area contributed by atoms with Gasteiger partial charge in [-0.05, 0) is 0 Å². The first-order chi connectivity index (χ1) is 8.61. The highest BCUT2D eigenvalue weighted by Crippen LogP contribution is 2.38. The van der Waals surface area contributed by atoms with E-state index in [1.54, 1.807) is 24.3 Å². The highest BCUT2D eigenvalue weighted by molar-refractivity contribution is 6.26. The summed E-state index contributed by atoms with van der Waals surface area (Å²) < 4.78 is 0. The third-order valence-electron chi connectivity index (χ3n) is 3.47. The van der Waals surface area contributed by atoms with E-state index in [4.69, 9.17) is 0 Å².